The van der Waals surface area contributed by atoms with E-state index in [2.05, 4.69) is 4.90 Å². The summed E-state index contributed by atoms with van der Waals surface area (Å²) in [7, 11) is 0. The van der Waals surface area contributed by atoms with E-state index in [1.165, 1.54) is 38.5 Å². The lowest BCUT2D eigenvalue weighted by Gasteiger charge is -2.56. The molecule has 4 nitrogen and oxygen atoms in total. The molecule has 0 radical (unpaired) electrons. The van der Waals surface area contributed by atoms with Crippen molar-refractivity contribution in [2.75, 3.05) is 39.5 Å². The van der Waals surface area contributed by atoms with Crippen molar-refractivity contribution in [3.8, 4) is 0 Å². The van der Waals surface area contributed by atoms with Gasteiger partial charge in [0, 0.05) is 19.6 Å². The van der Waals surface area contributed by atoms with E-state index in [1.807, 2.05) is 0 Å². The standard InChI is InChI=1S/C17H29NO3/c19-16(11-18-1-3-20-4-2-18)12-21-17-8-13-5-14(9-17)7-15(6-13)10-17/h13-16,19H,1-12H2/t13?,14?,15?,16-,17?/m0/s1. The highest BCUT2D eigenvalue weighted by molar-refractivity contribution is 5.03. The minimum Gasteiger partial charge on any atom is -0.389 e. The van der Waals surface area contributed by atoms with Crippen LogP contribution in [0, 0.1) is 17.8 Å². The Morgan fingerprint density at radius 1 is 1.05 bits per heavy atom. The summed E-state index contributed by atoms with van der Waals surface area (Å²) in [5, 5.41) is 10.3. The number of ether oxygens (including phenoxy) is 2. The summed E-state index contributed by atoms with van der Waals surface area (Å²) in [5.74, 6) is 2.73. The van der Waals surface area contributed by atoms with Crippen molar-refractivity contribution >= 4 is 0 Å². The van der Waals surface area contributed by atoms with Crippen molar-refractivity contribution in [1.29, 1.82) is 0 Å². The molecule has 5 aliphatic rings. The molecule has 1 atom stereocenters. The lowest BCUT2D eigenvalue weighted by Crippen LogP contribution is -2.53. The van der Waals surface area contributed by atoms with Crippen molar-refractivity contribution in [3.63, 3.8) is 0 Å². The second kappa shape index (κ2) is 5.80. The van der Waals surface area contributed by atoms with Crippen LogP contribution in [0.4, 0.5) is 0 Å². The van der Waals surface area contributed by atoms with Crippen molar-refractivity contribution in [1.82, 2.24) is 4.90 Å². The molecule has 0 amide bonds. The highest BCUT2D eigenvalue weighted by Crippen LogP contribution is 2.57. The van der Waals surface area contributed by atoms with Crippen LogP contribution in [0.15, 0.2) is 0 Å². The smallest absolute Gasteiger partial charge is 0.0900 e. The first-order chi connectivity index (χ1) is 10.2. The van der Waals surface area contributed by atoms with Gasteiger partial charge in [0.25, 0.3) is 0 Å². The van der Waals surface area contributed by atoms with Crippen molar-refractivity contribution in [3.05, 3.63) is 0 Å². The second-order valence-corrected chi connectivity index (χ2v) is 7.98. The molecule has 120 valence electrons. The van der Waals surface area contributed by atoms with Gasteiger partial charge in [0.15, 0.2) is 0 Å². The predicted octanol–water partition coefficient (Wildman–Crippen LogP) is 1.66. The topological polar surface area (TPSA) is 41.9 Å². The lowest BCUT2D eigenvalue weighted by molar-refractivity contribution is -0.176. The molecule has 0 spiro atoms. The van der Waals surface area contributed by atoms with Gasteiger partial charge in [-0.25, -0.2) is 0 Å². The lowest BCUT2D eigenvalue weighted by atomic mass is 9.54. The summed E-state index contributed by atoms with van der Waals surface area (Å²) in [5.41, 5.74) is 0.126. The average molecular weight is 295 g/mol. The molecule has 4 heteroatoms. The van der Waals surface area contributed by atoms with E-state index in [1.54, 1.807) is 0 Å². The van der Waals surface area contributed by atoms with Crippen LogP contribution in [0.5, 0.6) is 0 Å². The first kappa shape index (κ1) is 14.4. The van der Waals surface area contributed by atoms with Crippen LogP contribution in [-0.2, 0) is 9.47 Å². The van der Waals surface area contributed by atoms with Crippen LogP contribution < -0.4 is 0 Å². The molecule has 5 fully saturated rings. The number of aliphatic hydroxyl groups is 1. The number of aliphatic hydroxyl groups excluding tert-OH is 1. The maximum Gasteiger partial charge on any atom is 0.0900 e. The SMILES string of the molecule is O[C@H](COC12CC3CC(CC(C3)C1)C2)CN1CCOCC1. The van der Waals surface area contributed by atoms with E-state index in [4.69, 9.17) is 9.47 Å². The zero-order valence-electron chi connectivity index (χ0n) is 13.0. The van der Waals surface area contributed by atoms with Crippen LogP contribution in [0.1, 0.15) is 38.5 Å². The fourth-order valence-electron chi connectivity index (χ4n) is 5.62. The summed E-state index contributed by atoms with van der Waals surface area (Å²) in [4.78, 5) is 2.29. The minimum absolute atomic E-state index is 0.126. The largest absolute Gasteiger partial charge is 0.389 e. The summed E-state index contributed by atoms with van der Waals surface area (Å²) in [6.45, 7) is 4.72. The van der Waals surface area contributed by atoms with E-state index < -0.39 is 0 Å². The van der Waals surface area contributed by atoms with Gasteiger partial charge in [-0.05, 0) is 56.3 Å². The van der Waals surface area contributed by atoms with Gasteiger partial charge in [-0.2, -0.15) is 0 Å². The number of hydrogen-bond acceptors (Lipinski definition) is 4. The molecule has 0 aromatic carbocycles. The predicted molar refractivity (Wildman–Crippen MR) is 80.1 cm³/mol. The van der Waals surface area contributed by atoms with Gasteiger partial charge in [-0.15, -0.1) is 0 Å². The number of nitrogens with zero attached hydrogens (tertiary/aromatic N) is 1. The third kappa shape index (κ3) is 3.14. The maximum absolute atomic E-state index is 10.3. The van der Waals surface area contributed by atoms with Crippen molar-refractivity contribution < 1.29 is 14.6 Å². The molecule has 4 bridgehead atoms. The molecule has 0 aromatic heterocycles. The van der Waals surface area contributed by atoms with Gasteiger partial charge >= 0.3 is 0 Å². The summed E-state index contributed by atoms with van der Waals surface area (Å²) < 4.78 is 11.7. The van der Waals surface area contributed by atoms with E-state index in [0.29, 0.717) is 6.61 Å². The number of rotatable bonds is 5. The molecular formula is C17H29NO3. The zero-order chi connectivity index (χ0) is 14.3. The van der Waals surface area contributed by atoms with E-state index in [-0.39, 0.29) is 11.7 Å². The Kier molecular flexibility index (Phi) is 3.99. The number of hydrogen-bond donors (Lipinski definition) is 1. The Morgan fingerprint density at radius 2 is 1.62 bits per heavy atom. The van der Waals surface area contributed by atoms with Crippen LogP contribution in [0.3, 0.4) is 0 Å². The highest BCUT2D eigenvalue weighted by atomic mass is 16.5. The zero-order valence-corrected chi connectivity index (χ0v) is 13.0. The maximum atomic E-state index is 10.3. The Morgan fingerprint density at radius 3 is 2.19 bits per heavy atom. The van der Waals surface area contributed by atoms with Gasteiger partial charge in [0.1, 0.15) is 0 Å². The third-order valence-electron chi connectivity index (χ3n) is 6.14. The van der Waals surface area contributed by atoms with Gasteiger partial charge in [0.2, 0.25) is 0 Å². The van der Waals surface area contributed by atoms with Crippen molar-refractivity contribution in [2.24, 2.45) is 17.8 Å². The summed E-state index contributed by atoms with van der Waals surface area (Å²) >= 11 is 0. The molecule has 0 unspecified atom stereocenters. The molecule has 1 heterocycles. The average Bonchev–Trinajstić information content (AvgIpc) is 2.45. The van der Waals surface area contributed by atoms with Gasteiger partial charge in [0.05, 0.1) is 31.5 Å². The van der Waals surface area contributed by atoms with Gasteiger partial charge in [-0.3, -0.25) is 4.90 Å². The first-order valence-electron chi connectivity index (χ1n) is 8.83. The molecule has 4 aliphatic carbocycles. The summed E-state index contributed by atoms with van der Waals surface area (Å²) in [6.07, 6.45) is 7.74. The molecule has 4 saturated carbocycles. The molecule has 5 rings (SSSR count). The monoisotopic (exact) mass is 295 g/mol. The normalized spacial score (nSPS) is 44.1. The Labute approximate surface area is 127 Å². The molecular weight excluding hydrogens is 266 g/mol. The Balaban J connectivity index is 1.28. The molecule has 0 aromatic rings. The third-order valence-corrected chi connectivity index (χ3v) is 6.14. The number of β-amino-alcohol motifs (C(OH)–C–C–N with tert-alkyl or cyclic N) is 1. The molecule has 1 saturated heterocycles. The molecule has 21 heavy (non-hydrogen) atoms. The fraction of sp³-hybridized carbons (Fsp3) is 1.00. The number of morpholine rings is 1. The Hall–Kier alpha value is -0.160. The molecule has 1 N–H and O–H groups in total. The van der Waals surface area contributed by atoms with Crippen LogP contribution in [-0.4, -0.2) is 61.2 Å². The van der Waals surface area contributed by atoms with E-state index in [0.717, 1.165) is 50.6 Å². The van der Waals surface area contributed by atoms with Gasteiger partial charge < -0.3 is 14.6 Å². The Bertz CT molecular complexity index is 332. The van der Waals surface area contributed by atoms with Gasteiger partial charge in [-0.1, -0.05) is 0 Å². The van der Waals surface area contributed by atoms with Crippen LogP contribution in [0.25, 0.3) is 0 Å². The summed E-state index contributed by atoms with van der Waals surface area (Å²) in [6, 6.07) is 0. The van der Waals surface area contributed by atoms with E-state index >= 15 is 0 Å². The van der Waals surface area contributed by atoms with E-state index in [9.17, 15) is 5.11 Å². The highest BCUT2D eigenvalue weighted by Gasteiger charge is 2.51. The van der Waals surface area contributed by atoms with Crippen LogP contribution in [0.2, 0.25) is 0 Å². The van der Waals surface area contributed by atoms with Crippen LogP contribution >= 0.6 is 0 Å². The fourth-order valence-corrected chi connectivity index (χ4v) is 5.62. The minimum atomic E-state index is -0.351. The molecule has 1 aliphatic heterocycles. The van der Waals surface area contributed by atoms with Crippen molar-refractivity contribution in [2.45, 2.75) is 50.2 Å². The second-order valence-electron chi connectivity index (χ2n) is 7.98. The first-order valence-corrected chi connectivity index (χ1v) is 8.83. The quantitative estimate of drug-likeness (QED) is 0.838.